The molecule has 18 heteroatoms. The van der Waals surface area contributed by atoms with E-state index < -0.39 is 66.0 Å². The highest BCUT2D eigenvalue weighted by Crippen LogP contribution is 2.62. The lowest BCUT2D eigenvalue weighted by Gasteiger charge is -2.41. The second kappa shape index (κ2) is 8.43. The van der Waals surface area contributed by atoms with Gasteiger partial charge in [-0.25, -0.2) is 4.79 Å². The van der Waals surface area contributed by atoms with Crippen molar-refractivity contribution >= 4 is 11.8 Å². The van der Waals surface area contributed by atoms with Crippen LogP contribution in [0, 0.1) is 0 Å². The summed E-state index contributed by atoms with van der Waals surface area (Å²) in [5.41, 5.74) is -0.0617. The Morgan fingerprint density at radius 3 is 1.64 bits per heavy atom. The van der Waals surface area contributed by atoms with Crippen molar-refractivity contribution in [1.29, 1.82) is 0 Å². The van der Waals surface area contributed by atoms with Crippen LogP contribution in [0.5, 0.6) is 0 Å². The number of aryl methyl sites for hydroxylation is 1. The predicted molar refractivity (Wildman–Crippen MR) is 84.7 cm³/mol. The standard InChI is InChI=1S/C18H9F15O3/c19-12(20,11(35)36-9-6-5-7-3-1-2-4-8(7)10(9)34)13(21,22)14(23,24)15(25,26)16(27,28)17(29,30)18(31,32)33/h1-4,9H,5-6H2. The number of rotatable bonds is 7. The quantitative estimate of drug-likeness (QED) is 0.300. The Balaban J connectivity index is 2.42. The highest BCUT2D eigenvalue weighted by Gasteiger charge is 2.94. The van der Waals surface area contributed by atoms with Crippen LogP contribution >= 0.6 is 0 Å². The summed E-state index contributed by atoms with van der Waals surface area (Å²) in [6.45, 7) is 0. The molecule has 0 bridgehead atoms. The predicted octanol–water partition coefficient (Wildman–Crippen LogP) is 6.10. The van der Waals surface area contributed by atoms with Crippen LogP contribution in [0.15, 0.2) is 24.3 Å². The van der Waals surface area contributed by atoms with Crippen molar-refractivity contribution in [3.8, 4) is 0 Å². The first kappa shape index (κ1) is 29.5. The highest BCUT2D eigenvalue weighted by molar-refractivity contribution is 6.02. The van der Waals surface area contributed by atoms with Crippen molar-refractivity contribution in [2.45, 2.75) is 60.7 Å². The Labute approximate surface area is 189 Å². The molecule has 1 atom stereocenters. The van der Waals surface area contributed by atoms with Crippen molar-refractivity contribution in [3.63, 3.8) is 0 Å². The molecule has 0 saturated heterocycles. The van der Waals surface area contributed by atoms with E-state index in [1.54, 1.807) is 0 Å². The third-order valence-corrected chi connectivity index (χ3v) is 5.08. The van der Waals surface area contributed by atoms with E-state index in [0.29, 0.717) is 0 Å². The van der Waals surface area contributed by atoms with Crippen LogP contribution in [0.3, 0.4) is 0 Å². The normalized spacial score (nSPS) is 18.6. The lowest BCUT2D eigenvalue weighted by atomic mass is 9.88. The van der Waals surface area contributed by atoms with Gasteiger partial charge in [0.1, 0.15) is 0 Å². The summed E-state index contributed by atoms with van der Waals surface area (Å²) in [5.74, 6) is -53.9. The minimum Gasteiger partial charge on any atom is -0.449 e. The average Bonchev–Trinajstić information content (AvgIpc) is 2.74. The third-order valence-electron chi connectivity index (χ3n) is 5.08. The Bertz CT molecular complexity index is 1030. The topological polar surface area (TPSA) is 43.4 Å². The number of halogens is 15. The minimum atomic E-state index is -8.52. The number of esters is 1. The number of benzene rings is 1. The maximum Gasteiger partial charge on any atom is 0.460 e. The van der Waals surface area contributed by atoms with E-state index in [1.165, 1.54) is 18.2 Å². The lowest BCUT2D eigenvalue weighted by molar-refractivity contribution is -0.450. The zero-order valence-electron chi connectivity index (χ0n) is 16.7. The molecular formula is C18H9F15O3. The van der Waals surface area contributed by atoms with Gasteiger partial charge >= 0.3 is 47.7 Å². The van der Waals surface area contributed by atoms with Crippen LogP contribution in [0.25, 0.3) is 0 Å². The molecule has 1 aromatic rings. The summed E-state index contributed by atoms with van der Waals surface area (Å²) >= 11 is 0. The van der Waals surface area contributed by atoms with Gasteiger partial charge in [-0.2, -0.15) is 65.9 Å². The molecule has 1 aromatic carbocycles. The molecule has 0 heterocycles. The first-order chi connectivity index (χ1) is 15.9. The van der Waals surface area contributed by atoms with Gasteiger partial charge in [0.2, 0.25) is 5.78 Å². The van der Waals surface area contributed by atoms with Crippen LogP contribution < -0.4 is 0 Å². The van der Waals surface area contributed by atoms with Gasteiger partial charge in [0.25, 0.3) is 0 Å². The summed E-state index contributed by atoms with van der Waals surface area (Å²) in [6, 6.07) is 4.98. The molecule has 0 radical (unpaired) electrons. The van der Waals surface area contributed by atoms with E-state index in [4.69, 9.17) is 0 Å². The molecule has 1 aliphatic carbocycles. The maximum absolute atomic E-state index is 13.9. The molecule has 0 aliphatic heterocycles. The van der Waals surface area contributed by atoms with Crippen LogP contribution in [0.1, 0.15) is 22.3 Å². The molecule has 0 fully saturated rings. The molecule has 2 rings (SSSR count). The van der Waals surface area contributed by atoms with Gasteiger partial charge in [0.05, 0.1) is 0 Å². The van der Waals surface area contributed by atoms with Crippen molar-refractivity contribution in [3.05, 3.63) is 35.4 Å². The largest absolute Gasteiger partial charge is 0.460 e. The number of Topliss-reactive ketones (excluding diaryl/α,β-unsaturated/α-hetero) is 1. The van der Waals surface area contributed by atoms with Gasteiger partial charge in [-0.15, -0.1) is 0 Å². The van der Waals surface area contributed by atoms with E-state index in [0.717, 1.165) is 6.07 Å². The molecule has 1 aliphatic rings. The second-order valence-electron chi connectivity index (χ2n) is 7.40. The fourth-order valence-electron chi connectivity index (χ4n) is 2.98. The van der Waals surface area contributed by atoms with Crippen LogP contribution in [0.4, 0.5) is 65.9 Å². The molecule has 36 heavy (non-hydrogen) atoms. The highest BCUT2D eigenvalue weighted by atomic mass is 19.4. The van der Waals surface area contributed by atoms with E-state index in [2.05, 4.69) is 4.74 Å². The summed E-state index contributed by atoms with van der Waals surface area (Å²) in [5, 5.41) is 0. The van der Waals surface area contributed by atoms with E-state index in [1.807, 2.05) is 0 Å². The van der Waals surface area contributed by atoms with E-state index in [9.17, 15) is 75.4 Å². The first-order valence-electron chi connectivity index (χ1n) is 9.06. The number of hydrogen-bond donors (Lipinski definition) is 0. The summed E-state index contributed by atoms with van der Waals surface area (Å²) in [6.07, 6.45) is -11.1. The number of carbonyl (C=O) groups excluding carboxylic acids is 2. The second-order valence-corrected chi connectivity index (χ2v) is 7.40. The number of fused-ring (bicyclic) bond motifs is 1. The Hall–Kier alpha value is -2.69. The van der Waals surface area contributed by atoms with Gasteiger partial charge in [-0.05, 0) is 18.4 Å². The van der Waals surface area contributed by atoms with Gasteiger partial charge in [0.15, 0.2) is 6.10 Å². The molecular weight excluding hydrogens is 549 g/mol. The lowest BCUT2D eigenvalue weighted by Crippen LogP contribution is -2.73. The maximum atomic E-state index is 13.9. The zero-order chi connectivity index (χ0) is 28.3. The molecule has 3 nitrogen and oxygen atoms in total. The smallest absolute Gasteiger partial charge is 0.449 e. The van der Waals surface area contributed by atoms with Gasteiger partial charge in [-0.3, -0.25) is 4.79 Å². The van der Waals surface area contributed by atoms with E-state index in [-0.39, 0.29) is 17.5 Å². The fraction of sp³-hybridized carbons (Fsp3) is 0.556. The fourth-order valence-corrected chi connectivity index (χ4v) is 2.98. The number of alkyl halides is 15. The molecule has 0 saturated carbocycles. The summed E-state index contributed by atoms with van der Waals surface area (Å²) < 4.78 is 202. The molecule has 0 spiro atoms. The van der Waals surface area contributed by atoms with Crippen molar-refractivity contribution in [2.75, 3.05) is 0 Å². The van der Waals surface area contributed by atoms with Gasteiger partial charge in [-0.1, -0.05) is 24.3 Å². The average molecular weight is 558 g/mol. The summed E-state index contributed by atoms with van der Waals surface area (Å²) in [7, 11) is 0. The Morgan fingerprint density at radius 2 is 1.14 bits per heavy atom. The van der Waals surface area contributed by atoms with Crippen molar-refractivity contribution in [2.24, 2.45) is 0 Å². The van der Waals surface area contributed by atoms with Crippen LogP contribution in [0.2, 0.25) is 0 Å². The number of hydrogen-bond acceptors (Lipinski definition) is 3. The number of carbonyl (C=O) groups is 2. The van der Waals surface area contributed by atoms with Crippen molar-refractivity contribution < 1.29 is 80.2 Å². The molecule has 1 unspecified atom stereocenters. The molecule has 0 N–H and O–H groups in total. The van der Waals surface area contributed by atoms with E-state index >= 15 is 0 Å². The molecule has 0 aromatic heterocycles. The monoisotopic (exact) mass is 558 g/mol. The Kier molecular flexibility index (Phi) is 6.91. The minimum absolute atomic E-state index is 0.241. The summed E-state index contributed by atoms with van der Waals surface area (Å²) in [4.78, 5) is 23.7. The van der Waals surface area contributed by atoms with Crippen molar-refractivity contribution in [1.82, 2.24) is 0 Å². The van der Waals surface area contributed by atoms with Gasteiger partial charge in [0, 0.05) is 5.56 Å². The zero-order valence-corrected chi connectivity index (χ0v) is 16.7. The molecule has 0 amide bonds. The van der Waals surface area contributed by atoms with Crippen LogP contribution in [-0.2, 0) is 16.0 Å². The Morgan fingerprint density at radius 1 is 0.694 bits per heavy atom. The third kappa shape index (κ3) is 3.95. The number of ether oxygens (including phenoxy) is 1. The molecule has 204 valence electrons. The van der Waals surface area contributed by atoms with Crippen LogP contribution in [-0.4, -0.2) is 59.6 Å². The number of ketones is 1. The van der Waals surface area contributed by atoms with Gasteiger partial charge < -0.3 is 4.74 Å². The first-order valence-corrected chi connectivity index (χ1v) is 9.06. The SMILES string of the molecule is O=C1c2ccccc2CCC1OC(=O)C(F)(F)C(F)(F)C(F)(F)C(F)(F)C(F)(F)C(F)(F)C(F)(F)F.